The number of pyridine rings is 1. The molecule has 1 aromatic heterocycles. The molecule has 0 aliphatic heterocycles. The van der Waals surface area contributed by atoms with E-state index < -0.39 is 33.5 Å². The minimum absolute atomic E-state index is 0.390. The van der Waals surface area contributed by atoms with Gasteiger partial charge in [-0.3, -0.25) is 15.1 Å². The highest BCUT2D eigenvalue weighted by atomic mass is 19.4. The molecule has 8 heteroatoms. The average Bonchev–Trinajstić information content (AvgIpc) is 2.27. The van der Waals surface area contributed by atoms with Crippen molar-refractivity contribution < 1.29 is 18.1 Å². The summed E-state index contributed by atoms with van der Waals surface area (Å²) in [5.41, 5.74) is -4.04. The Hall–Kier alpha value is -2.17. The van der Waals surface area contributed by atoms with Crippen LogP contribution in [-0.2, 0) is 11.6 Å². The maximum atomic E-state index is 12.8. The normalized spacial score (nSPS) is 12.0. The molecule has 0 saturated carbocycles. The predicted octanol–water partition coefficient (Wildman–Crippen LogP) is 2.81. The highest BCUT2D eigenvalue weighted by molar-refractivity contribution is 5.41. The molecule has 5 nitrogen and oxygen atoms in total. The molecule has 0 unspecified atom stereocenters. The van der Waals surface area contributed by atoms with Crippen molar-refractivity contribution in [2.45, 2.75) is 25.4 Å². The Kier molecular flexibility index (Phi) is 3.28. The number of nitriles is 1. The lowest BCUT2D eigenvalue weighted by atomic mass is 9.87. The van der Waals surface area contributed by atoms with Crippen LogP contribution in [0.15, 0.2) is 12.3 Å². The molecule has 0 atom stereocenters. The summed E-state index contributed by atoms with van der Waals surface area (Å²) in [6, 6.07) is 2.08. The highest BCUT2D eigenvalue weighted by Crippen LogP contribution is 2.37. The molecule has 18 heavy (non-hydrogen) atoms. The first kappa shape index (κ1) is 13.9. The van der Waals surface area contributed by atoms with E-state index in [2.05, 4.69) is 4.98 Å². The van der Waals surface area contributed by atoms with Gasteiger partial charge in [-0.05, 0) is 13.8 Å². The monoisotopic (exact) mass is 259 g/mol. The maximum absolute atomic E-state index is 12.8. The summed E-state index contributed by atoms with van der Waals surface area (Å²) >= 11 is 0. The fourth-order valence-corrected chi connectivity index (χ4v) is 1.32. The zero-order chi connectivity index (χ0) is 14.1. The first-order valence-corrected chi connectivity index (χ1v) is 4.73. The first-order chi connectivity index (χ1) is 8.09. The standard InChI is InChI=1S/C10H8F3N3O2/c1-9(2,5-14)8-7(10(11,12)13)3-6(4-15-8)16(17)18/h3-4H,1-2H3. The lowest BCUT2D eigenvalue weighted by molar-refractivity contribution is -0.385. The van der Waals surface area contributed by atoms with Gasteiger partial charge in [0, 0.05) is 6.07 Å². The van der Waals surface area contributed by atoms with Gasteiger partial charge in [0.05, 0.1) is 27.7 Å². The van der Waals surface area contributed by atoms with E-state index in [0.717, 1.165) is 0 Å². The van der Waals surface area contributed by atoms with Gasteiger partial charge in [-0.1, -0.05) is 0 Å². The van der Waals surface area contributed by atoms with Crippen LogP contribution in [0.4, 0.5) is 18.9 Å². The molecule has 1 heterocycles. The topological polar surface area (TPSA) is 79.8 Å². The van der Waals surface area contributed by atoms with E-state index in [4.69, 9.17) is 5.26 Å². The number of alkyl halides is 3. The summed E-state index contributed by atoms with van der Waals surface area (Å²) in [5.74, 6) is 0. The molecule has 0 aliphatic carbocycles. The fourth-order valence-electron chi connectivity index (χ4n) is 1.32. The minimum Gasteiger partial charge on any atom is -0.258 e. The largest absolute Gasteiger partial charge is 0.418 e. The minimum atomic E-state index is -4.80. The third-order valence-corrected chi connectivity index (χ3v) is 2.26. The van der Waals surface area contributed by atoms with Gasteiger partial charge in [-0.15, -0.1) is 0 Å². The van der Waals surface area contributed by atoms with E-state index in [1.165, 1.54) is 13.8 Å². The number of hydrogen-bond donors (Lipinski definition) is 0. The molecule has 0 spiro atoms. The number of nitrogens with zero attached hydrogens (tertiary/aromatic N) is 3. The number of rotatable bonds is 2. The van der Waals surface area contributed by atoms with Gasteiger partial charge < -0.3 is 0 Å². The Labute approximate surface area is 100 Å². The van der Waals surface area contributed by atoms with Gasteiger partial charge in [0.1, 0.15) is 6.20 Å². The Morgan fingerprint density at radius 2 is 2.00 bits per heavy atom. The van der Waals surface area contributed by atoms with Crippen LogP contribution in [0.2, 0.25) is 0 Å². The summed E-state index contributed by atoms with van der Waals surface area (Å²) in [7, 11) is 0. The molecule has 0 aromatic carbocycles. The van der Waals surface area contributed by atoms with Gasteiger partial charge in [0.2, 0.25) is 0 Å². The van der Waals surface area contributed by atoms with Crippen molar-refractivity contribution in [3.8, 4) is 6.07 Å². The summed E-state index contributed by atoms with van der Waals surface area (Å²) < 4.78 is 38.4. The Morgan fingerprint density at radius 3 is 2.39 bits per heavy atom. The van der Waals surface area contributed by atoms with Crippen LogP contribution in [0.1, 0.15) is 25.1 Å². The van der Waals surface area contributed by atoms with Gasteiger partial charge >= 0.3 is 6.18 Å². The second-order valence-corrected chi connectivity index (χ2v) is 4.08. The van der Waals surface area contributed by atoms with Gasteiger partial charge in [-0.2, -0.15) is 18.4 Å². The van der Waals surface area contributed by atoms with E-state index in [1.54, 1.807) is 6.07 Å². The molecule has 96 valence electrons. The third kappa shape index (κ3) is 2.56. The molecule has 1 aromatic rings. The van der Waals surface area contributed by atoms with Crippen molar-refractivity contribution in [2.24, 2.45) is 0 Å². The van der Waals surface area contributed by atoms with Crippen LogP contribution >= 0.6 is 0 Å². The molecule has 0 radical (unpaired) electrons. The van der Waals surface area contributed by atoms with E-state index >= 15 is 0 Å². The Balaban J connectivity index is 3.56. The van der Waals surface area contributed by atoms with E-state index in [9.17, 15) is 23.3 Å². The van der Waals surface area contributed by atoms with Gasteiger partial charge in [0.25, 0.3) is 5.69 Å². The molecule has 0 bridgehead atoms. The van der Waals surface area contributed by atoms with Crippen molar-refractivity contribution in [1.29, 1.82) is 5.26 Å². The van der Waals surface area contributed by atoms with Gasteiger partial charge in [0.15, 0.2) is 0 Å². The van der Waals surface area contributed by atoms with Crippen LogP contribution in [0, 0.1) is 21.4 Å². The smallest absolute Gasteiger partial charge is 0.258 e. The SMILES string of the molecule is CC(C)(C#N)c1ncc([N+](=O)[O-])cc1C(F)(F)F. The molecule has 0 amide bonds. The zero-order valence-corrected chi connectivity index (χ0v) is 9.45. The molecule has 0 aliphatic rings. The lowest BCUT2D eigenvalue weighted by Crippen LogP contribution is -2.23. The first-order valence-electron chi connectivity index (χ1n) is 4.73. The van der Waals surface area contributed by atoms with Crippen LogP contribution in [0.25, 0.3) is 0 Å². The predicted molar refractivity (Wildman–Crippen MR) is 54.5 cm³/mol. The number of aromatic nitrogens is 1. The van der Waals surface area contributed by atoms with Crippen molar-refractivity contribution >= 4 is 5.69 Å². The summed E-state index contributed by atoms with van der Waals surface area (Å²) in [4.78, 5) is 12.9. The summed E-state index contributed by atoms with van der Waals surface area (Å²) in [5, 5.41) is 19.3. The lowest BCUT2D eigenvalue weighted by Gasteiger charge is -2.19. The van der Waals surface area contributed by atoms with Gasteiger partial charge in [-0.25, -0.2) is 0 Å². The quantitative estimate of drug-likeness (QED) is 0.604. The molecule has 0 N–H and O–H groups in total. The highest BCUT2D eigenvalue weighted by Gasteiger charge is 2.40. The van der Waals surface area contributed by atoms with E-state index in [0.29, 0.717) is 12.3 Å². The Bertz CT molecular complexity index is 532. The Morgan fingerprint density at radius 1 is 1.44 bits per heavy atom. The maximum Gasteiger partial charge on any atom is 0.418 e. The van der Waals surface area contributed by atoms with Crippen molar-refractivity contribution in [1.82, 2.24) is 4.98 Å². The molecule has 0 saturated heterocycles. The second-order valence-electron chi connectivity index (χ2n) is 4.08. The number of hydrogen-bond acceptors (Lipinski definition) is 4. The average molecular weight is 259 g/mol. The van der Waals surface area contributed by atoms with Crippen molar-refractivity contribution in [2.75, 3.05) is 0 Å². The van der Waals surface area contributed by atoms with Crippen LogP contribution in [0.3, 0.4) is 0 Å². The number of halogens is 3. The number of nitro groups is 1. The van der Waals surface area contributed by atoms with Crippen molar-refractivity contribution in [3.63, 3.8) is 0 Å². The third-order valence-electron chi connectivity index (χ3n) is 2.26. The van der Waals surface area contributed by atoms with Crippen molar-refractivity contribution in [3.05, 3.63) is 33.6 Å². The molecular weight excluding hydrogens is 251 g/mol. The molecule has 1 rings (SSSR count). The molecular formula is C10H8F3N3O2. The fraction of sp³-hybridized carbons (Fsp3) is 0.400. The van der Waals surface area contributed by atoms with E-state index in [1.807, 2.05) is 0 Å². The van der Waals surface area contributed by atoms with Crippen LogP contribution < -0.4 is 0 Å². The van der Waals surface area contributed by atoms with E-state index in [-0.39, 0.29) is 0 Å². The summed E-state index contributed by atoms with van der Waals surface area (Å²) in [6.07, 6.45) is -4.09. The zero-order valence-electron chi connectivity index (χ0n) is 9.45. The second kappa shape index (κ2) is 4.25. The van der Waals surface area contributed by atoms with Crippen LogP contribution in [0.5, 0.6) is 0 Å². The van der Waals surface area contributed by atoms with Crippen LogP contribution in [-0.4, -0.2) is 9.91 Å². The molecule has 0 fully saturated rings. The summed E-state index contributed by atoms with van der Waals surface area (Å²) in [6.45, 7) is 2.52.